The molecule has 0 unspecified atom stereocenters. The zero-order chi connectivity index (χ0) is 29.3. The van der Waals surface area contributed by atoms with Crippen molar-refractivity contribution in [3.63, 3.8) is 0 Å². The Morgan fingerprint density at radius 3 is 2.02 bits per heavy atom. The summed E-state index contributed by atoms with van der Waals surface area (Å²) in [6.45, 7) is 15.0. The number of ketones is 1. The molecule has 3 nitrogen and oxygen atoms in total. The number of rotatable bonds is 2. The van der Waals surface area contributed by atoms with Crippen molar-refractivity contribution in [3.8, 4) is 11.3 Å². The van der Waals surface area contributed by atoms with Crippen molar-refractivity contribution in [2.24, 2.45) is 10.8 Å². The zero-order valence-electron chi connectivity index (χ0n) is 24.0. The van der Waals surface area contributed by atoms with Crippen LogP contribution in [0.1, 0.15) is 58.2 Å². The van der Waals surface area contributed by atoms with Crippen LogP contribution < -0.4 is 0 Å². The number of nitrogens with zero attached hydrogens (tertiary/aromatic N) is 1. The predicted octanol–water partition coefficient (Wildman–Crippen LogP) is 9.58. The smallest absolute Gasteiger partial charge is 0.416 e. The van der Waals surface area contributed by atoms with Crippen molar-refractivity contribution < 1.29 is 43.2 Å². The van der Waals surface area contributed by atoms with Gasteiger partial charge in [-0.25, -0.2) is 0 Å². The summed E-state index contributed by atoms with van der Waals surface area (Å²) in [5.74, 6) is 0.104. The first kappa shape index (κ1) is 33.2. The minimum Gasteiger partial charge on any atom is -0.512 e. The van der Waals surface area contributed by atoms with Crippen molar-refractivity contribution in [1.29, 1.82) is 0 Å². The van der Waals surface area contributed by atoms with Crippen molar-refractivity contribution in [1.82, 2.24) is 4.98 Å². The molecule has 4 rings (SSSR count). The van der Waals surface area contributed by atoms with Gasteiger partial charge in [0.25, 0.3) is 0 Å². The fourth-order valence-electron chi connectivity index (χ4n) is 3.91. The number of aliphatic hydroxyl groups is 1. The molecular weight excluding hydrogens is 692 g/mol. The number of allylic oxidation sites excluding steroid dienone is 2. The van der Waals surface area contributed by atoms with Gasteiger partial charge in [0.2, 0.25) is 0 Å². The SMILES string of the molecule is CC(C)(C)C(=O)/C=C(\O)C(C)(C)C.Cc1[c-]c(-c2nc3ccccc3c3cc(C(F)(F)F)ccc23)cc(C)c1.[Ir]. The normalized spacial score (nSPS) is 12.5. The first-order valence-electron chi connectivity index (χ1n) is 12.7. The second-order valence-electron chi connectivity index (χ2n) is 11.9. The summed E-state index contributed by atoms with van der Waals surface area (Å²) < 4.78 is 39.7. The van der Waals surface area contributed by atoms with Gasteiger partial charge in [0.15, 0.2) is 5.78 Å². The molecular formula is C33H35F3IrNO2-. The van der Waals surface area contributed by atoms with Crippen LogP contribution >= 0.6 is 0 Å². The third kappa shape index (κ3) is 8.02. The fraction of sp³-hybridized carbons (Fsp3) is 0.333. The Morgan fingerprint density at radius 2 is 1.48 bits per heavy atom. The average molecular weight is 727 g/mol. The van der Waals surface area contributed by atoms with Crippen LogP contribution in [0.2, 0.25) is 0 Å². The van der Waals surface area contributed by atoms with Crippen LogP contribution in [0.25, 0.3) is 32.9 Å². The van der Waals surface area contributed by atoms with Gasteiger partial charge < -0.3 is 5.11 Å². The first-order chi connectivity index (χ1) is 17.9. The second-order valence-corrected chi connectivity index (χ2v) is 11.9. The maximum Gasteiger partial charge on any atom is 0.416 e. The maximum absolute atomic E-state index is 13.2. The zero-order valence-corrected chi connectivity index (χ0v) is 26.4. The topological polar surface area (TPSA) is 50.2 Å². The Labute approximate surface area is 247 Å². The van der Waals surface area contributed by atoms with Gasteiger partial charge >= 0.3 is 6.18 Å². The molecule has 0 bridgehead atoms. The van der Waals surface area contributed by atoms with Crippen LogP contribution in [0.3, 0.4) is 0 Å². The van der Waals surface area contributed by atoms with E-state index in [1.54, 1.807) is 6.07 Å². The van der Waals surface area contributed by atoms with Gasteiger partial charge in [0, 0.05) is 42.4 Å². The molecule has 0 aliphatic heterocycles. The summed E-state index contributed by atoms with van der Waals surface area (Å²) in [6, 6.07) is 18.4. The van der Waals surface area contributed by atoms with E-state index in [9.17, 15) is 23.1 Å². The minimum atomic E-state index is -4.38. The molecule has 0 saturated heterocycles. The van der Waals surface area contributed by atoms with Gasteiger partial charge in [0.1, 0.15) is 5.76 Å². The van der Waals surface area contributed by atoms with Crippen LogP contribution in [-0.4, -0.2) is 15.9 Å². The molecule has 7 heteroatoms. The molecule has 1 N–H and O–H groups in total. The van der Waals surface area contributed by atoms with Crippen molar-refractivity contribution in [2.45, 2.75) is 61.6 Å². The van der Waals surface area contributed by atoms with Crippen molar-refractivity contribution in [2.75, 3.05) is 0 Å². The summed E-state index contributed by atoms with van der Waals surface area (Å²) in [7, 11) is 0. The van der Waals surface area contributed by atoms with Crippen molar-refractivity contribution >= 4 is 27.5 Å². The van der Waals surface area contributed by atoms with E-state index in [0.717, 1.165) is 22.8 Å². The van der Waals surface area contributed by atoms with E-state index < -0.39 is 17.2 Å². The number of aromatic nitrogens is 1. The van der Waals surface area contributed by atoms with Gasteiger partial charge in [0.05, 0.1) is 11.1 Å². The Hall–Kier alpha value is -3.02. The number of carbonyl (C=O) groups excluding carboxylic acids is 1. The second kappa shape index (κ2) is 12.2. The number of halogens is 3. The summed E-state index contributed by atoms with van der Waals surface area (Å²) >= 11 is 0. The third-order valence-electron chi connectivity index (χ3n) is 6.21. The van der Waals surface area contributed by atoms with E-state index in [1.807, 2.05) is 85.7 Å². The van der Waals surface area contributed by atoms with Crippen LogP contribution in [0, 0.1) is 30.7 Å². The monoisotopic (exact) mass is 727 g/mol. The summed E-state index contributed by atoms with van der Waals surface area (Å²) in [4.78, 5) is 16.2. The summed E-state index contributed by atoms with van der Waals surface area (Å²) in [6.07, 6.45) is -3.05. The number of carbonyl (C=O) groups is 1. The van der Waals surface area contributed by atoms with E-state index in [1.165, 1.54) is 18.2 Å². The molecule has 0 saturated carbocycles. The molecule has 215 valence electrons. The third-order valence-corrected chi connectivity index (χ3v) is 6.21. The standard InChI is InChI=1S/C22H15F3N.C11H20O2.Ir/c1-13-9-14(2)11-15(10-13)21-18-8-7-16(22(23,24)25)12-19(18)17-5-3-4-6-20(17)26-21;1-10(2,3)8(12)7-9(13)11(4,5)6;/h3-10,12H,1-2H3;7,12H,1-6H3;/q-1;;/b;8-7-;. The maximum atomic E-state index is 13.2. The van der Waals surface area contributed by atoms with E-state index >= 15 is 0 Å². The number of alkyl halides is 3. The predicted molar refractivity (Wildman–Crippen MR) is 153 cm³/mol. The summed E-state index contributed by atoms with van der Waals surface area (Å²) in [5, 5.41) is 11.5. The van der Waals surface area contributed by atoms with E-state index in [-0.39, 0.29) is 37.1 Å². The molecule has 0 amide bonds. The van der Waals surface area contributed by atoms with Crippen molar-refractivity contribution in [3.05, 3.63) is 89.2 Å². The molecule has 0 aliphatic carbocycles. The van der Waals surface area contributed by atoms with Gasteiger partial charge in [-0.2, -0.15) is 13.2 Å². The molecule has 1 heterocycles. The molecule has 40 heavy (non-hydrogen) atoms. The molecule has 0 atom stereocenters. The summed E-state index contributed by atoms with van der Waals surface area (Å²) in [5.41, 5.74) is 2.72. The van der Waals surface area contributed by atoms with Crippen LogP contribution in [0.15, 0.2) is 66.4 Å². The Bertz CT molecular complexity index is 1540. The number of aryl methyl sites for hydroxylation is 2. The first-order valence-corrected chi connectivity index (χ1v) is 12.7. The Morgan fingerprint density at radius 1 is 0.850 bits per heavy atom. The number of aliphatic hydroxyl groups excluding tert-OH is 1. The van der Waals surface area contributed by atoms with E-state index in [2.05, 4.69) is 6.07 Å². The average Bonchev–Trinajstić information content (AvgIpc) is 2.81. The quantitative estimate of drug-likeness (QED) is 0.0970. The number of hydrogen-bond donors (Lipinski definition) is 1. The molecule has 1 radical (unpaired) electrons. The fourth-order valence-corrected chi connectivity index (χ4v) is 3.91. The minimum absolute atomic E-state index is 0. The number of pyridine rings is 1. The number of hydrogen-bond acceptors (Lipinski definition) is 3. The number of para-hydroxylation sites is 1. The molecule has 3 aromatic carbocycles. The van der Waals surface area contributed by atoms with Crippen LogP contribution in [0.5, 0.6) is 0 Å². The van der Waals surface area contributed by atoms with E-state index in [0.29, 0.717) is 27.4 Å². The molecule has 4 aromatic rings. The molecule has 0 fully saturated rings. The molecule has 0 aliphatic rings. The van der Waals surface area contributed by atoms with Gasteiger partial charge in [-0.15, -0.1) is 34.9 Å². The van der Waals surface area contributed by atoms with Gasteiger partial charge in [-0.1, -0.05) is 85.7 Å². The number of benzene rings is 3. The number of fused-ring (bicyclic) bond motifs is 3. The van der Waals surface area contributed by atoms with E-state index in [4.69, 9.17) is 4.98 Å². The van der Waals surface area contributed by atoms with Gasteiger partial charge in [-0.05, 0) is 28.6 Å². The van der Waals surface area contributed by atoms with Crippen LogP contribution in [-0.2, 0) is 31.1 Å². The Kier molecular flexibility index (Phi) is 10.2. The Balaban J connectivity index is 0.000000344. The largest absolute Gasteiger partial charge is 0.512 e. The van der Waals surface area contributed by atoms with Crippen LogP contribution in [0.4, 0.5) is 13.2 Å². The van der Waals surface area contributed by atoms with Gasteiger partial charge in [-0.3, -0.25) is 9.78 Å². The molecule has 1 aromatic heterocycles. The molecule has 0 spiro atoms.